The third kappa shape index (κ3) is 5.68. The van der Waals surface area contributed by atoms with E-state index in [0.29, 0.717) is 49.1 Å². The van der Waals surface area contributed by atoms with Crippen LogP contribution in [-0.4, -0.2) is 58.6 Å². The minimum atomic E-state index is -0.534. The van der Waals surface area contributed by atoms with Gasteiger partial charge in [0.1, 0.15) is 5.60 Å². The number of carbonyl (C=O) groups excluding carboxylic acids is 2. The molecule has 2 amide bonds. The number of carbonyl (C=O) groups is 2. The molecule has 0 spiro atoms. The number of benzene rings is 2. The van der Waals surface area contributed by atoms with E-state index in [9.17, 15) is 9.59 Å². The number of nitrogens with zero attached hydrogens (tertiary/aromatic N) is 2. The molecule has 1 aliphatic heterocycles. The van der Waals surface area contributed by atoms with Gasteiger partial charge in [0, 0.05) is 59.2 Å². The zero-order chi connectivity index (χ0) is 24.5. The highest BCUT2D eigenvalue weighted by atomic mass is 35.5. The maximum atomic E-state index is 13.0. The Hall–Kier alpha value is -2.70. The molecule has 2 heterocycles. The lowest BCUT2D eigenvalue weighted by molar-refractivity contribution is -0.132. The van der Waals surface area contributed by atoms with Crippen LogP contribution in [0.2, 0.25) is 10.0 Å². The molecule has 1 saturated heterocycles. The maximum Gasteiger partial charge on any atom is 0.410 e. The molecule has 180 valence electrons. The van der Waals surface area contributed by atoms with E-state index in [1.54, 1.807) is 4.90 Å². The van der Waals surface area contributed by atoms with Gasteiger partial charge < -0.3 is 19.5 Å². The van der Waals surface area contributed by atoms with Gasteiger partial charge in [0.25, 0.3) is 0 Å². The van der Waals surface area contributed by atoms with Crippen molar-refractivity contribution in [2.24, 2.45) is 0 Å². The van der Waals surface area contributed by atoms with E-state index in [2.05, 4.69) is 4.98 Å². The zero-order valence-electron chi connectivity index (χ0n) is 19.7. The first-order valence-corrected chi connectivity index (χ1v) is 12.2. The molecule has 1 aliphatic rings. The van der Waals surface area contributed by atoms with Crippen LogP contribution in [0, 0.1) is 0 Å². The Morgan fingerprint density at radius 3 is 2.21 bits per heavy atom. The number of nitrogens with one attached hydrogen (secondary N) is 1. The number of fused-ring (bicyclic) bond motifs is 1. The number of aromatic amines is 1. The highest BCUT2D eigenvalue weighted by Gasteiger charge is 2.27. The Balaban J connectivity index is 1.46. The van der Waals surface area contributed by atoms with Crippen LogP contribution in [0.4, 0.5) is 4.79 Å². The van der Waals surface area contributed by atoms with Crippen LogP contribution in [0.25, 0.3) is 22.2 Å². The third-order valence-electron chi connectivity index (χ3n) is 5.87. The first-order chi connectivity index (χ1) is 16.1. The fourth-order valence-electron chi connectivity index (χ4n) is 4.20. The lowest BCUT2D eigenvalue weighted by Gasteiger charge is -2.35. The molecule has 6 nitrogen and oxygen atoms in total. The van der Waals surface area contributed by atoms with Crippen LogP contribution in [0.5, 0.6) is 0 Å². The van der Waals surface area contributed by atoms with E-state index in [4.69, 9.17) is 27.9 Å². The number of H-pyrrole nitrogens is 1. The quantitative estimate of drug-likeness (QED) is 0.465. The summed E-state index contributed by atoms with van der Waals surface area (Å²) in [4.78, 5) is 32.3. The first-order valence-electron chi connectivity index (χ1n) is 11.4. The zero-order valence-corrected chi connectivity index (χ0v) is 21.2. The molecule has 0 atom stereocenters. The van der Waals surface area contributed by atoms with Crippen molar-refractivity contribution in [2.45, 2.75) is 39.2 Å². The van der Waals surface area contributed by atoms with Gasteiger partial charge >= 0.3 is 6.09 Å². The molecule has 8 heteroatoms. The van der Waals surface area contributed by atoms with E-state index < -0.39 is 5.60 Å². The van der Waals surface area contributed by atoms with Crippen LogP contribution in [0.15, 0.2) is 42.5 Å². The summed E-state index contributed by atoms with van der Waals surface area (Å²) >= 11 is 12.4. The molecular formula is C26H29Cl2N3O3. The number of ether oxygens (including phenoxy) is 1. The van der Waals surface area contributed by atoms with Gasteiger partial charge in [0.2, 0.25) is 5.91 Å². The molecule has 0 unspecified atom stereocenters. The number of halogens is 2. The standard InChI is InChI=1S/C26H29Cl2N3O3/c1-26(2,3)34-25(33)31-14-12-30(13-15-31)23(32)11-9-20-21-16-19(28)8-10-22(21)29-24(20)17-4-6-18(27)7-5-17/h4-8,10,16,29H,9,11-15H2,1-3H3. The second kappa shape index (κ2) is 9.88. The summed E-state index contributed by atoms with van der Waals surface area (Å²) in [6.45, 7) is 7.49. The van der Waals surface area contributed by atoms with Gasteiger partial charge in [0.15, 0.2) is 0 Å². The van der Waals surface area contributed by atoms with E-state index in [0.717, 1.165) is 27.7 Å². The number of hydrogen-bond donors (Lipinski definition) is 1. The minimum absolute atomic E-state index is 0.0715. The van der Waals surface area contributed by atoms with Gasteiger partial charge in [-0.05, 0) is 68.7 Å². The lowest BCUT2D eigenvalue weighted by atomic mass is 10.0. The van der Waals surface area contributed by atoms with E-state index in [1.165, 1.54) is 0 Å². The Morgan fingerprint density at radius 2 is 1.56 bits per heavy atom. The smallest absolute Gasteiger partial charge is 0.410 e. The van der Waals surface area contributed by atoms with Crippen LogP contribution >= 0.6 is 23.2 Å². The predicted molar refractivity (Wildman–Crippen MR) is 136 cm³/mol. The molecule has 1 fully saturated rings. The van der Waals surface area contributed by atoms with Crippen molar-refractivity contribution < 1.29 is 14.3 Å². The lowest BCUT2D eigenvalue weighted by Crippen LogP contribution is -2.51. The van der Waals surface area contributed by atoms with Crippen molar-refractivity contribution in [1.29, 1.82) is 0 Å². The number of aromatic nitrogens is 1. The molecule has 0 bridgehead atoms. The van der Waals surface area contributed by atoms with Gasteiger partial charge in [0.05, 0.1) is 0 Å². The highest BCUT2D eigenvalue weighted by molar-refractivity contribution is 6.31. The fraction of sp³-hybridized carbons (Fsp3) is 0.385. The Labute approximate surface area is 209 Å². The number of amides is 2. The summed E-state index contributed by atoms with van der Waals surface area (Å²) in [6.07, 6.45) is 0.610. The number of aryl methyl sites for hydroxylation is 1. The Bertz CT molecular complexity index is 1190. The first kappa shape index (κ1) is 24.4. The molecule has 0 saturated carbocycles. The molecule has 34 heavy (non-hydrogen) atoms. The second-order valence-corrected chi connectivity index (χ2v) is 10.4. The number of hydrogen-bond acceptors (Lipinski definition) is 3. The van der Waals surface area contributed by atoms with Crippen molar-refractivity contribution >= 4 is 46.1 Å². The minimum Gasteiger partial charge on any atom is -0.444 e. The van der Waals surface area contributed by atoms with Crippen molar-refractivity contribution in [1.82, 2.24) is 14.8 Å². The second-order valence-electron chi connectivity index (χ2n) is 9.52. The Morgan fingerprint density at radius 1 is 0.941 bits per heavy atom. The summed E-state index contributed by atoms with van der Waals surface area (Å²) in [7, 11) is 0. The third-order valence-corrected chi connectivity index (χ3v) is 6.36. The van der Waals surface area contributed by atoms with E-state index in [1.807, 2.05) is 68.1 Å². The van der Waals surface area contributed by atoms with E-state index >= 15 is 0 Å². The van der Waals surface area contributed by atoms with Crippen LogP contribution in [0.1, 0.15) is 32.8 Å². The predicted octanol–water partition coefficient (Wildman–Crippen LogP) is 6.15. The average molecular weight is 502 g/mol. The normalized spacial score (nSPS) is 14.5. The van der Waals surface area contributed by atoms with Crippen molar-refractivity contribution in [3.8, 4) is 11.3 Å². The maximum absolute atomic E-state index is 13.0. The molecule has 2 aromatic carbocycles. The van der Waals surface area contributed by atoms with E-state index in [-0.39, 0.29) is 12.0 Å². The van der Waals surface area contributed by atoms with Gasteiger partial charge in [-0.15, -0.1) is 0 Å². The van der Waals surface area contributed by atoms with Crippen molar-refractivity contribution in [3.05, 3.63) is 58.1 Å². The molecular weight excluding hydrogens is 473 g/mol. The highest BCUT2D eigenvalue weighted by Crippen LogP contribution is 2.33. The SMILES string of the molecule is CC(C)(C)OC(=O)N1CCN(C(=O)CCc2c(-c3ccc(Cl)cc3)[nH]c3ccc(Cl)cc23)CC1. The van der Waals surface area contributed by atoms with Crippen LogP contribution in [-0.2, 0) is 16.0 Å². The molecule has 3 aromatic rings. The Kier molecular flexibility index (Phi) is 7.10. The van der Waals surface area contributed by atoms with Gasteiger partial charge in [-0.1, -0.05) is 35.3 Å². The molecule has 0 aliphatic carbocycles. The van der Waals surface area contributed by atoms with Crippen LogP contribution in [0.3, 0.4) is 0 Å². The van der Waals surface area contributed by atoms with Crippen LogP contribution < -0.4 is 0 Å². The summed E-state index contributed by atoms with van der Waals surface area (Å²) in [5, 5.41) is 2.34. The van der Waals surface area contributed by atoms with Gasteiger partial charge in [-0.25, -0.2) is 4.79 Å². The average Bonchev–Trinajstić information content (AvgIpc) is 3.14. The molecule has 0 radical (unpaired) electrons. The summed E-state index contributed by atoms with van der Waals surface area (Å²) < 4.78 is 5.44. The summed E-state index contributed by atoms with van der Waals surface area (Å²) in [5.74, 6) is 0.0715. The van der Waals surface area contributed by atoms with Gasteiger partial charge in [-0.2, -0.15) is 0 Å². The van der Waals surface area contributed by atoms with Crippen molar-refractivity contribution in [2.75, 3.05) is 26.2 Å². The monoisotopic (exact) mass is 501 g/mol. The number of rotatable bonds is 4. The largest absolute Gasteiger partial charge is 0.444 e. The topological polar surface area (TPSA) is 65.6 Å². The van der Waals surface area contributed by atoms with Gasteiger partial charge in [-0.3, -0.25) is 4.79 Å². The fourth-order valence-corrected chi connectivity index (χ4v) is 4.50. The molecule has 4 rings (SSSR count). The summed E-state index contributed by atoms with van der Waals surface area (Å²) in [6, 6.07) is 13.4. The molecule has 1 aromatic heterocycles. The van der Waals surface area contributed by atoms with Crippen molar-refractivity contribution in [3.63, 3.8) is 0 Å². The number of piperazine rings is 1. The molecule has 1 N–H and O–H groups in total. The summed E-state index contributed by atoms with van der Waals surface area (Å²) in [5.41, 5.74) is 3.47.